The van der Waals surface area contributed by atoms with Gasteiger partial charge in [-0.1, -0.05) is 20.8 Å². The van der Waals surface area contributed by atoms with Gasteiger partial charge in [0.15, 0.2) is 0 Å². The molecule has 1 unspecified atom stereocenters. The van der Waals surface area contributed by atoms with Crippen LogP contribution in [0.5, 0.6) is 0 Å². The Labute approximate surface area is 75.9 Å². The zero-order chi connectivity index (χ0) is 9.14. The van der Waals surface area contributed by atoms with Gasteiger partial charge < -0.3 is 11.1 Å². The van der Waals surface area contributed by atoms with E-state index >= 15 is 0 Å². The van der Waals surface area contributed by atoms with Crippen LogP contribution >= 0.6 is 0 Å². The van der Waals surface area contributed by atoms with Crippen molar-refractivity contribution >= 4 is 0 Å². The molecule has 0 aliphatic heterocycles. The summed E-state index contributed by atoms with van der Waals surface area (Å²) in [6.07, 6.45) is 2.68. The van der Waals surface area contributed by atoms with Crippen molar-refractivity contribution < 1.29 is 0 Å². The Kier molecular flexibility index (Phi) is 3.53. The minimum absolute atomic E-state index is 0.320. The van der Waals surface area contributed by atoms with Crippen LogP contribution in [0, 0.1) is 11.8 Å². The summed E-state index contributed by atoms with van der Waals surface area (Å²) < 4.78 is 0. The lowest BCUT2D eigenvalue weighted by molar-refractivity contribution is 0.234. The van der Waals surface area contributed by atoms with Crippen LogP contribution in [0.4, 0.5) is 0 Å². The first-order valence-electron chi connectivity index (χ1n) is 5.08. The van der Waals surface area contributed by atoms with Gasteiger partial charge in [-0.05, 0) is 24.7 Å². The van der Waals surface area contributed by atoms with E-state index < -0.39 is 0 Å². The third-order valence-corrected chi connectivity index (χ3v) is 2.87. The molecule has 1 aliphatic rings. The van der Waals surface area contributed by atoms with Crippen LogP contribution < -0.4 is 11.1 Å². The quantitative estimate of drug-likeness (QED) is 0.668. The normalized spacial score (nSPS) is 31.8. The Morgan fingerprint density at radius 3 is 2.42 bits per heavy atom. The predicted molar refractivity (Wildman–Crippen MR) is 53.0 cm³/mol. The molecule has 1 saturated carbocycles. The Bertz CT molecular complexity index is 128. The molecule has 1 atom stereocenters. The van der Waals surface area contributed by atoms with Gasteiger partial charge in [-0.25, -0.2) is 0 Å². The van der Waals surface area contributed by atoms with Crippen LogP contribution in [0.2, 0.25) is 0 Å². The second-order valence-electron chi connectivity index (χ2n) is 4.59. The Morgan fingerprint density at radius 1 is 1.42 bits per heavy atom. The van der Waals surface area contributed by atoms with E-state index in [-0.39, 0.29) is 0 Å². The minimum atomic E-state index is 0.320. The fourth-order valence-corrected chi connectivity index (χ4v) is 1.61. The summed E-state index contributed by atoms with van der Waals surface area (Å²) in [6, 6.07) is 1.07. The molecule has 1 fully saturated rings. The second kappa shape index (κ2) is 4.24. The molecule has 2 nitrogen and oxygen atoms in total. The highest BCUT2D eigenvalue weighted by Gasteiger charge is 2.25. The smallest absolute Gasteiger partial charge is 0.0188 e. The minimum Gasteiger partial charge on any atom is -0.326 e. The maximum atomic E-state index is 5.92. The number of hydrogen-bond acceptors (Lipinski definition) is 2. The Hall–Kier alpha value is -0.0800. The summed E-state index contributed by atoms with van der Waals surface area (Å²) in [5, 5.41) is 3.51. The lowest BCUT2D eigenvalue weighted by Crippen LogP contribution is -2.47. The van der Waals surface area contributed by atoms with Gasteiger partial charge in [-0.15, -0.1) is 0 Å². The third-order valence-electron chi connectivity index (χ3n) is 2.87. The van der Waals surface area contributed by atoms with Crippen molar-refractivity contribution in [3.8, 4) is 0 Å². The highest BCUT2D eigenvalue weighted by Crippen LogP contribution is 2.26. The fourth-order valence-electron chi connectivity index (χ4n) is 1.61. The molecule has 3 N–H and O–H groups in total. The number of hydrogen-bond donors (Lipinski definition) is 2. The van der Waals surface area contributed by atoms with Crippen LogP contribution in [0.25, 0.3) is 0 Å². The van der Waals surface area contributed by atoms with Gasteiger partial charge in [0, 0.05) is 18.6 Å². The highest BCUT2D eigenvalue weighted by atomic mass is 15.0. The predicted octanol–water partition coefficient (Wildman–Crippen LogP) is 1.36. The molecule has 0 saturated heterocycles. The molecule has 72 valence electrons. The molecule has 12 heavy (non-hydrogen) atoms. The van der Waals surface area contributed by atoms with Gasteiger partial charge in [0.2, 0.25) is 0 Å². The van der Waals surface area contributed by atoms with Crippen molar-refractivity contribution in [2.24, 2.45) is 17.6 Å². The van der Waals surface area contributed by atoms with E-state index in [2.05, 4.69) is 26.1 Å². The van der Waals surface area contributed by atoms with Crippen molar-refractivity contribution in [2.45, 2.75) is 45.7 Å². The summed E-state index contributed by atoms with van der Waals surface area (Å²) in [5.74, 6) is 1.52. The van der Waals surface area contributed by atoms with Gasteiger partial charge in [-0.3, -0.25) is 0 Å². The van der Waals surface area contributed by atoms with Crippen molar-refractivity contribution in [3.05, 3.63) is 0 Å². The van der Waals surface area contributed by atoms with Gasteiger partial charge in [0.25, 0.3) is 0 Å². The van der Waals surface area contributed by atoms with E-state index in [4.69, 9.17) is 5.73 Å². The molecule has 0 radical (unpaired) electrons. The highest BCUT2D eigenvalue weighted by molar-refractivity contribution is 4.83. The lowest BCUT2D eigenvalue weighted by Gasteiger charge is -2.34. The average molecular weight is 170 g/mol. The Morgan fingerprint density at radius 2 is 2.00 bits per heavy atom. The van der Waals surface area contributed by atoms with Crippen LogP contribution in [-0.4, -0.2) is 18.6 Å². The van der Waals surface area contributed by atoms with Crippen molar-refractivity contribution in [3.63, 3.8) is 0 Å². The number of nitrogens with one attached hydrogen (secondary N) is 1. The van der Waals surface area contributed by atoms with E-state index in [0.717, 1.165) is 18.5 Å². The van der Waals surface area contributed by atoms with E-state index in [9.17, 15) is 0 Å². The van der Waals surface area contributed by atoms with Crippen molar-refractivity contribution in [1.82, 2.24) is 5.32 Å². The fraction of sp³-hybridized carbons (Fsp3) is 1.00. The van der Waals surface area contributed by atoms with Crippen LogP contribution in [0.15, 0.2) is 0 Å². The maximum Gasteiger partial charge on any atom is 0.0188 e. The average Bonchev–Trinajstić information content (AvgIpc) is 1.95. The molecule has 0 heterocycles. The molecule has 1 rings (SSSR count). The van der Waals surface area contributed by atoms with E-state index in [1.807, 2.05) is 0 Å². The third kappa shape index (κ3) is 2.76. The van der Waals surface area contributed by atoms with Crippen LogP contribution in [-0.2, 0) is 0 Å². The number of rotatable bonds is 4. The first-order chi connectivity index (χ1) is 5.59. The Balaban J connectivity index is 2.02. The molecule has 0 aromatic heterocycles. The maximum absolute atomic E-state index is 5.92. The summed E-state index contributed by atoms with van der Waals surface area (Å²) in [5.41, 5.74) is 5.92. The molecular formula is C10H22N2. The molecule has 1 aliphatic carbocycles. The summed E-state index contributed by atoms with van der Waals surface area (Å²) in [4.78, 5) is 0. The largest absolute Gasteiger partial charge is 0.326 e. The monoisotopic (exact) mass is 170 g/mol. The SMILES string of the molecule is CC1CC(NCC(N)C(C)C)C1. The van der Waals surface area contributed by atoms with Gasteiger partial charge in [0.05, 0.1) is 0 Å². The summed E-state index contributed by atoms with van der Waals surface area (Å²) in [7, 11) is 0. The molecule has 0 amide bonds. The molecule has 0 bridgehead atoms. The van der Waals surface area contributed by atoms with Crippen molar-refractivity contribution in [1.29, 1.82) is 0 Å². The molecule has 0 spiro atoms. The molecule has 0 aromatic rings. The second-order valence-corrected chi connectivity index (χ2v) is 4.59. The zero-order valence-corrected chi connectivity index (χ0v) is 8.51. The topological polar surface area (TPSA) is 38.0 Å². The van der Waals surface area contributed by atoms with Gasteiger partial charge >= 0.3 is 0 Å². The van der Waals surface area contributed by atoms with Gasteiger partial charge in [0.1, 0.15) is 0 Å². The molecule has 0 aromatic carbocycles. The number of nitrogens with two attached hydrogens (primary N) is 1. The van der Waals surface area contributed by atoms with Crippen LogP contribution in [0.1, 0.15) is 33.6 Å². The van der Waals surface area contributed by atoms with Crippen molar-refractivity contribution in [2.75, 3.05) is 6.54 Å². The summed E-state index contributed by atoms with van der Waals surface area (Å²) in [6.45, 7) is 7.64. The van der Waals surface area contributed by atoms with E-state index in [0.29, 0.717) is 12.0 Å². The van der Waals surface area contributed by atoms with Crippen LogP contribution in [0.3, 0.4) is 0 Å². The zero-order valence-electron chi connectivity index (χ0n) is 8.51. The first-order valence-corrected chi connectivity index (χ1v) is 5.08. The lowest BCUT2D eigenvalue weighted by atomic mass is 9.82. The molecular weight excluding hydrogens is 148 g/mol. The summed E-state index contributed by atoms with van der Waals surface area (Å²) >= 11 is 0. The van der Waals surface area contributed by atoms with E-state index in [1.54, 1.807) is 0 Å². The van der Waals surface area contributed by atoms with E-state index in [1.165, 1.54) is 12.8 Å². The first kappa shape index (κ1) is 10.0. The van der Waals surface area contributed by atoms with Gasteiger partial charge in [-0.2, -0.15) is 0 Å². The standard InChI is InChI=1S/C10H22N2/c1-7(2)10(11)6-12-9-4-8(3)5-9/h7-10,12H,4-6,11H2,1-3H3. The molecule has 2 heteroatoms.